The molecule has 19 heavy (non-hydrogen) atoms. The Balaban J connectivity index is 1.75. The monoisotopic (exact) mass is 320 g/mol. The Morgan fingerprint density at radius 2 is 1.89 bits per heavy atom. The van der Waals surface area contributed by atoms with E-state index in [1.54, 1.807) is 0 Å². The first kappa shape index (κ1) is 12.9. The summed E-state index contributed by atoms with van der Waals surface area (Å²) in [7, 11) is 0. The minimum atomic E-state index is 0.618. The largest absolute Gasteiger partial charge is 0.492 e. The van der Waals surface area contributed by atoms with Crippen molar-refractivity contribution in [3.63, 3.8) is 0 Å². The van der Waals surface area contributed by atoms with Gasteiger partial charge in [0.25, 0.3) is 0 Å². The molecule has 0 bridgehead atoms. The first-order valence-electron chi connectivity index (χ1n) is 6.72. The standard InChI is InChI=1S/C16H17BrO2/c17-16-14-4-2-1-3-13(14)5-6-15(16)19-11-12-7-9-18-10-8-12/h1-6,12H,7-11H2. The quantitative estimate of drug-likeness (QED) is 0.834. The minimum Gasteiger partial charge on any atom is -0.492 e. The van der Waals surface area contributed by atoms with E-state index in [-0.39, 0.29) is 0 Å². The van der Waals surface area contributed by atoms with Crippen LogP contribution >= 0.6 is 15.9 Å². The molecule has 0 spiro atoms. The molecule has 0 amide bonds. The Kier molecular flexibility index (Phi) is 4.04. The molecular formula is C16H17BrO2. The van der Waals surface area contributed by atoms with E-state index >= 15 is 0 Å². The molecule has 0 radical (unpaired) electrons. The summed E-state index contributed by atoms with van der Waals surface area (Å²) in [6.07, 6.45) is 2.20. The van der Waals surface area contributed by atoms with Crippen LogP contribution in [0.15, 0.2) is 40.9 Å². The maximum atomic E-state index is 5.98. The molecule has 0 aliphatic carbocycles. The third-order valence-corrected chi connectivity index (χ3v) is 4.46. The Bertz CT molecular complexity index is 562. The number of hydrogen-bond acceptors (Lipinski definition) is 2. The van der Waals surface area contributed by atoms with E-state index in [1.807, 2.05) is 6.07 Å². The number of rotatable bonds is 3. The van der Waals surface area contributed by atoms with Crippen molar-refractivity contribution in [3.05, 3.63) is 40.9 Å². The molecular weight excluding hydrogens is 304 g/mol. The third-order valence-electron chi connectivity index (χ3n) is 3.64. The van der Waals surface area contributed by atoms with E-state index in [4.69, 9.17) is 9.47 Å². The molecule has 0 N–H and O–H groups in total. The van der Waals surface area contributed by atoms with Gasteiger partial charge in [0.15, 0.2) is 0 Å². The number of hydrogen-bond donors (Lipinski definition) is 0. The topological polar surface area (TPSA) is 18.5 Å². The first-order chi connectivity index (χ1) is 9.34. The average Bonchev–Trinajstić information content (AvgIpc) is 2.48. The molecule has 1 fully saturated rings. The summed E-state index contributed by atoms with van der Waals surface area (Å²) < 4.78 is 12.4. The second-order valence-corrected chi connectivity index (χ2v) is 5.76. The predicted molar refractivity (Wildman–Crippen MR) is 80.7 cm³/mol. The molecule has 0 unspecified atom stereocenters. The molecule has 0 aromatic heterocycles. The molecule has 0 atom stereocenters. The third kappa shape index (κ3) is 2.93. The Hall–Kier alpha value is -1.06. The molecule has 3 heteroatoms. The van der Waals surface area contributed by atoms with Crippen molar-refractivity contribution in [3.8, 4) is 5.75 Å². The highest BCUT2D eigenvalue weighted by atomic mass is 79.9. The van der Waals surface area contributed by atoms with E-state index in [9.17, 15) is 0 Å². The molecule has 2 aromatic carbocycles. The highest BCUT2D eigenvalue weighted by Gasteiger charge is 2.15. The van der Waals surface area contributed by atoms with E-state index in [0.29, 0.717) is 5.92 Å². The maximum absolute atomic E-state index is 5.98. The number of benzene rings is 2. The SMILES string of the molecule is Brc1c(OCC2CCOCC2)ccc2ccccc12. The maximum Gasteiger partial charge on any atom is 0.134 e. The Morgan fingerprint density at radius 3 is 2.74 bits per heavy atom. The van der Waals surface area contributed by atoms with Gasteiger partial charge in [-0.05, 0) is 51.5 Å². The molecule has 1 aliphatic rings. The zero-order chi connectivity index (χ0) is 13.1. The van der Waals surface area contributed by atoms with E-state index in [2.05, 4.69) is 46.3 Å². The molecule has 3 rings (SSSR count). The van der Waals surface area contributed by atoms with Crippen molar-refractivity contribution in [1.29, 1.82) is 0 Å². The van der Waals surface area contributed by atoms with Crippen molar-refractivity contribution in [2.75, 3.05) is 19.8 Å². The normalized spacial score (nSPS) is 16.7. The van der Waals surface area contributed by atoms with Crippen molar-refractivity contribution >= 4 is 26.7 Å². The summed E-state index contributed by atoms with van der Waals surface area (Å²) in [5.74, 6) is 1.55. The van der Waals surface area contributed by atoms with Gasteiger partial charge < -0.3 is 9.47 Å². The van der Waals surface area contributed by atoms with Crippen LogP contribution in [0.5, 0.6) is 5.75 Å². The van der Waals surface area contributed by atoms with Crippen LogP contribution in [0, 0.1) is 5.92 Å². The Morgan fingerprint density at radius 1 is 1.11 bits per heavy atom. The summed E-state index contributed by atoms with van der Waals surface area (Å²) in [4.78, 5) is 0. The van der Waals surface area contributed by atoms with Gasteiger partial charge in [-0.1, -0.05) is 30.3 Å². The van der Waals surface area contributed by atoms with Crippen molar-refractivity contribution < 1.29 is 9.47 Å². The minimum absolute atomic E-state index is 0.618. The van der Waals surface area contributed by atoms with Crippen molar-refractivity contribution in [2.24, 2.45) is 5.92 Å². The van der Waals surface area contributed by atoms with Gasteiger partial charge in [0, 0.05) is 13.2 Å². The lowest BCUT2D eigenvalue weighted by atomic mass is 10.0. The highest BCUT2D eigenvalue weighted by molar-refractivity contribution is 9.10. The fourth-order valence-electron chi connectivity index (χ4n) is 2.45. The van der Waals surface area contributed by atoms with Gasteiger partial charge >= 0.3 is 0 Å². The van der Waals surface area contributed by atoms with E-state index < -0.39 is 0 Å². The number of ether oxygens (including phenoxy) is 2. The van der Waals surface area contributed by atoms with Gasteiger partial charge in [0.05, 0.1) is 11.1 Å². The van der Waals surface area contributed by atoms with Gasteiger partial charge in [-0.3, -0.25) is 0 Å². The fourth-order valence-corrected chi connectivity index (χ4v) is 3.05. The Labute approximate surface area is 121 Å². The lowest BCUT2D eigenvalue weighted by Gasteiger charge is -2.22. The van der Waals surface area contributed by atoms with Crippen LogP contribution in [-0.4, -0.2) is 19.8 Å². The zero-order valence-corrected chi connectivity index (χ0v) is 12.4. The zero-order valence-electron chi connectivity index (χ0n) is 10.8. The van der Waals surface area contributed by atoms with Gasteiger partial charge in [-0.15, -0.1) is 0 Å². The van der Waals surface area contributed by atoms with Crippen LogP contribution in [0.3, 0.4) is 0 Å². The van der Waals surface area contributed by atoms with Gasteiger partial charge in [0.1, 0.15) is 5.75 Å². The smallest absolute Gasteiger partial charge is 0.134 e. The second-order valence-electron chi connectivity index (χ2n) is 4.97. The predicted octanol–water partition coefficient (Wildman–Crippen LogP) is 4.41. The van der Waals surface area contributed by atoms with Gasteiger partial charge in [-0.2, -0.15) is 0 Å². The van der Waals surface area contributed by atoms with Crippen molar-refractivity contribution in [1.82, 2.24) is 0 Å². The number of fused-ring (bicyclic) bond motifs is 1. The summed E-state index contributed by atoms with van der Waals surface area (Å²) >= 11 is 3.66. The van der Waals surface area contributed by atoms with E-state index in [1.165, 1.54) is 10.8 Å². The summed E-state index contributed by atoms with van der Waals surface area (Å²) in [5.41, 5.74) is 0. The summed E-state index contributed by atoms with van der Waals surface area (Å²) in [5, 5.41) is 2.43. The van der Waals surface area contributed by atoms with Crippen LogP contribution in [0.2, 0.25) is 0 Å². The molecule has 1 heterocycles. The fraction of sp³-hybridized carbons (Fsp3) is 0.375. The van der Waals surface area contributed by atoms with Gasteiger partial charge in [-0.25, -0.2) is 0 Å². The first-order valence-corrected chi connectivity index (χ1v) is 7.51. The van der Waals surface area contributed by atoms with Crippen molar-refractivity contribution in [2.45, 2.75) is 12.8 Å². The van der Waals surface area contributed by atoms with Crippen LogP contribution in [-0.2, 0) is 4.74 Å². The molecule has 2 nitrogen and oxygen atoms in total. The van der Waals surface area contributed by atoms with Gasteiger partial charge in [0.2, 0.25) is 0 Å². The molecule has 1 aliphatic heterocycles. The number of halogens is 1. The summed E-state index contributed by atoms with van der Waals surface area (Å²) in [6.45, 7) is 2.51. The summed E-state index contributed by atoms with van der Waals surface area (Å²) in [6, 6.07) is 12.5. The van der Waals surface area contributed by atoms with Crippen LogP contribution in [0.1, 0.15) is 12.8 Å². The van der Waals surface area contributed by atoms with E-state index in [0.717, 1.165) is 42.9 Å². The van der Waals surface area contributed by atoms with Crippen LogP contribution in [0.4, 0.5) is 0 Å². The molecule has 100 valence electrons. The lowest BCUT2D eigenvalue weighted by Crippen LogP contribution is -2.21. The molecule has 2 aromatic rings. The highest BCUT2D eigenvalue weighted by Crippen LogP contribution is 2.33. The lowest BCUT2D eigenvalue weighted by molar-refractivity contribution is 0.0497. The molecule has 1 saturated heterocycles. The second kappa shape index (κ2) is 5.93. The molecule has 0 saturated carbocycles. The average molecular weight is 321 g/mol. The van der Waals surface area contributed by atoms with Crippen LogP contribution < -0.4 is 4.74 Å². The van der Waals surface area contributed by atoms with Crippen LogP contribution in [0.25, 0.3) is 10.8 Å².